The maximum absolute atomic E-state index is 9.78. The SMILES string of the molecule is N#Cc1ccc(C(O)CNCC(O)CO)cc1. The van der Waals surface area contributed by atoms with Crippen LogP contribution in [-0.4, -0.2) is 41.1 Å². The van der Waals surface area contributed by atoms with Gasteiger partial charge < -0.3 is 20.6 Å². The van der Waals surface area contributed by atoms with Crippen molar-refractivity contribution < 1.29 is 15.3 Å². The van der Waals surface area contributed by atoms with E-state index in [1.54, 1.807) is 24.3 Å². The Kier molecular flexibility index (Phi) is 5.60. The number of rotatable bonds is 6. The lowest BCUT2D eigenvalue weighted by Crippen LogP contribution is -2.32. The van der Waals surface area contributed by atoms with E-state index in [1.165, 1.54) is 0 Å². The van der Waals surface area contributed by atoms with Crippen molar-refractivity contribution in [2.45, 2.75) is 12.2 Å². The third-order valence-corrected chi connectivity index (χ3v) is 2.35. The molecule has 0 saturated carbocycles. The van der Waals surface area contributed by atoms with Gasteiger partial charge in [0.15, 0.2) is 0 Å². The molecule has 17 heavy (non-hydrogen) atoms. The van der Waals surface area contributed by atoms with E-state index in [1.807, 2.05) is 6.07 Å². The second-order valence-corrected chi connectivity index (χ2v) is 3.74. The smallest absolute Gasteiger partial charge is 0.0991 e. The Labute approximate surface area is 99.9 Å². The van der Waals surface area contributed by atoms with Crippen LogP contribution in [0.15, 0.2) is 24.3 Å². The summed E-state index contributed by atoms with van der Waals surface area (Å²) in [5.41, 5.74) is 1.25. The Morgan fingerprint density at radius 2 is 1.82 bits per heavy atom. The molecular formula is C12H16N2O3. The fourth-order valence-electron chi connectivity index (χ4n) is 1.35. The molecule has 0 aliphatic rings. The highest BCUT2D eigenvalue weighted by atomic mass is 16.3. The summed E-state index contributed by atoms with van der Waals surface area (Å²) in [6.07, 6.45) is -1.52. The minimum Gasteiger partial charge on any atom is -0.394 e. The van der Waals surface area contributed by atoms with Gasteiger partial charge in [-0.25, -0.2) is 0 Å². The van der Waals surface area contributed by atoms with Crippen LogP contribution in [0.2, 0.25) is 0 Å². The van der Waals surface area contributed by atoms with Crippen LogP contribution in [0.25, 0.3) is 0 Å². The summed E-state index contributed by atoms with van der Waals surface area (Å²) in [4.78, 5) is 0. The third-order valence-electron chi connectivity index (χ3n) is 2.35. The Balaban J connectivity index is 2.41. The average Bonchev–Trinajstić information content (AvgIpc) is 2.38. The van der Waals surface area contributed by atoms with Crippen LogP contribution in [0.4, 0.5) is 0 Å². The summed E-state index contributed by atoms with van der Waals surface area (Å²) >= 11 is 0. The van der Waals surface area contributed by atoms with Crippen LogP contribution in [0.3, 0.4) is 0 Å². The number of nitrogens with one attached hydrogen (secondary N) is 1. The lowest BCUT2D eigenvalue weighted by Gasteiger charge is -2.13. The monoisotopic (exact) mass is 236 g/mol. The summed E-state index contributed by atoms with van der Waals surface area (Å²) in [6.45, 7) is 0.201. The van der Waals surface area contributed by atoms with Crippen molar-refractivity contribution in [1.82, 2.24) is 5.32 Å². The predicted molar refractivity (Wildman–Crippen MR) is 62.1 cm³/mol. The first-order valence-electron chi connectivity index (χ1n) is 5.35. The highest BCUT2D eigenvalue weighted by molar-refractivity contribution is 5.32. The minimum atomic E-state index is -0.817. The van der Waals surface area contributed by atoms with E-state index >= 15 is 0 Å². The number of benzene rings is 1. The molecular weight excluding hydrogens is 220 g/mol. The zero-order chi connectivity index (χ0) is 12.7. The first-order chi connectivity index (χ1) is 8.17. The molecule has 1 aromatic carbocycles. The first-order valence-corrected chi connectivity index (χ1v) is 5.35. The summed E-state index contributed by atoms with van der Waals surface area (Å²) in [5, 5.41) is 38.9. The quantitative estimate of drug-likeness (QED) is 0.535. The van der Waals surface area contributed by atoms with Gasteiger partial charge in [0.1, 0.15) is 0 Å². The molecule has 0 spiro atoms. The third kappa shape index (κ3) is 4.51. The molecule has 5 heteroatoms. The van der Waals surface area contributed by atoms with E-state index in [0.717, 1.165) is 0 Å². The normalized spacial score (nSPS) is 14.0. The van der Waals surface area contributed by atoms with Gasteiger partial charge in [0, 0.05) is 13.1 Å². The van der Waals surface area contributed by atoms with Crippen LogP contribution in [0.1, 0.15) is 17.2 Å². The van der Waals surface area contributed by atoms with Gasteiger partial charge in [-0.3, -0.25) is 0 Å². The van der Waals surface area contributed by atoms with E-state index in [4.69, 9.17) is 15.5 Å². The van der Waals surface area contributed by atoms with Gasteiger partial charge in [0.25, 0.3) is 0 Å². The number of hydrogen-bond acceptors (Lipinski definition) is 5. The largest absolute Gasteiger partial charge is 0.394 e. The molecule has 0 aliphatic carbocycles. The van der Waals surface area contributed by atoms with E-state index in [9.17, 15) is 5.11 Å². The maximum atomic E-state index is 9.78. The minimum absolute atomic E-state index is 0.226. The number of nitriles is 1. The number of aliphatic hydroxyl groups is 3. The van der Waals surface area contributed by atoms with Gasteiger partial charge in [-0.15, -0.1) is 0 Å². The predicted octanol–water partition coefficient (Wildman–Crippen LogP) is -0.466. The molecule has 1 aromatic rings. The molecule has 5 nitrogen and oxygen atoms in total. The summed E-state index contributed by atoms with van der Waals surface area (Å²) in [6, 6.07) is 8.66. The topological polar surface area (TPSA) is 96.5 Å². The van der Waals surface area contributed by atoms with E-state index < -0.39 is 12.2 Å². The molecule has 0 saturated heterocycles. The molecule has 2 unspecified atom stereocenters. The van der Waals surface area contributed by atoms with Crippen LogP contribution in [-0.2, 0) is 0 Å². The summed E-state index contributed by atoms with van der Waals surface area (Å²) < 4.78 is 0. The van der Waals surface area contributed by atoms with Gasteiger partial charge in [-0.2, -0.15) is 5.26 Å². The van der Waals surface area contributed by atoms with Crippen LogP contribution < -0.4 is 5.32 Å². The molecule has 4 N–H and O–H groups in total. The molecule has 0 aromatic heterocycles. The number of hydrogen-bond donors (Lipinski definition) is 4. The van der Waals surface area contributed by atoms with E-state index in [0.29, 0.717) is 11.1 Å². The fraction of sp³-hybridized carbons (Fsp3) is 0.417. The highest BCUT2D eigenvalue weighted by Crippen LogP contribution is 2.12. The second-order valence-electron chi connectivity index (χ2n) is 3.74. The van der Waals surface area contributed by atoms with Gasteiger partial charge in [-0.05, 0) is 17.7 Å². The van der Waals surface area contributed by atoms with Crippen LogP contribution >= 0.6 is 0 Å². The fourth-order valence-corrected chi connectivity index (χ4v) is 1.35. The van der Waals surface area contributed by atoms with E-state index in [2.05, 4.69) is 5.32 Å². The lowest BCUT2D eigenvalue weighted by molar-refractivity contribution is 0.0891. The number of aliphatic hydroxyl groups excluding tert-OH is 3. The molecule has 2 atom stereocenters. The standard InChI is InChI=1S/C12H16N2O3/c13-5-9-1-3-10(4-2-9)12(17)7-14-6-11(16)8-15/h1-4,11-12,14-17H,6-8H2. The summed E-state index contributed by atoms with van der Waals surface area (Å²) in [7, 11) is 0. The van der Waals surface area contributed by atoms with Crippen LogP contribution in [0.5, 0.6) is 0 Å². The molecule has 0 radical (unpaired) electrons. The molecule has 1 rings (SSSR count). The second kappa shape index (κ2) is 6.99. The first kappa shape index (κ1) is 13.6. The lowest BCUT2D eigenvalue weighted by atomic mass is 10.1. The molecule has 0 aliphatic heterocycles. The maximum Gasteiger partial charge on any atom is 0.0991 e. The van der Waals surface area contributed by atoms with Crippen molar-refractivity contribution in [2.75, 3.05) is 19.7 Å². The zero-order valence-electron chi connectivity index (χ0n) is 9.37. The Hall–Kier alpha value is -1.45. The van der Waals surface area contributed by atoms with Gasteiger partial charge in [0.2, 0.25) is 0 Å². The Morgan fingerprint density at radius 3 is 2.35 bits per heavy atom. The summed E-state index contributed by atoms with van der Waals surface area (Å²) in [5.74, 6) is 0. The van der Waals surface area contributed by atoms with Gasteiger partial charge >= 0.3 is 0 Å². The van der Waals surface area contributed by atoms with Crippen molar-refractivity contribution in [1.29, 1.82) is 5.26 Å². The van der Waals surface area contributed by atoms with Crippen molar-refractivity contribution >= 4 is 0 Å². The van der Waals surface area contributed by atoms with Crippen molar-refractivity contribution in [3.63, 3.8) is 0 Å². The molecule has 92 valence electrons. The number of nitrogens with zero attached hydrogens (tertiary/aromatic N) is 1. The van der Waals surface area contributed by atoms with E-state index in [-0.39, 0.29) is 19.7 Å². The average molecular weight is 236 g/mol. The van der Waals surface area contributed by atoms with Crippen molar-refractivity contribution in [2.24, 2.45) is 0 Å². The molecule has 0 bridgehead atoms. The van der Waals surface area contributed by atoms with Crippen molar-refractivity contribution in [3.05, 3.63) is 35.4 Å². The van der Waals surface area contributed by atoms with Crippen molar-refractivity contribution in [3.8, 4) is 6.07 Å². The van der Waals surface area contributed by atoms with Gasteiger partial charge in [0.05, 0.1) is 30.4 Å². The Bertz CT molecular complexity index is 372. The highest BCUT2D eigenvalue weighted by Gasteiger charge is 2.08. The zero-order valence-corrected chi connectivity index (χ0v) is 9.37. The van der Waals surface area contributed by atoms with Crippen LogP contribution in [0, 0.1) is 11.3 Å². The molecule has 0 amide bonds. The molecule has 0 heterocycles. The van der Waals surface area contributed by atoms with Gasteiger partial charge in [-0.1, -0.05) is 12.1 Å². The Morgan fingerprint density at radius 1 is 1.18 bits per heavy atom. The molecule has 0 fully saturated rings.